The number of benzene rings is 2. The predicted molar refractivity (Wildman–Crippen MR) is 78.1 cm³/mol. The number of methoxy groups -OCH3 is 1. The van der Waals surface area contributed by atoms with Crippen molar-refractivity contribution in [2.45, 2.75) is 13.5 Å². The summed E-state index contributed by atoms with van der Waals surface area (Å²) in [5.41, 5.74) is 2.19. The fraction of sp³-hybridized carbons (Fsp3) is 0.200. The summed E-state index contributed by atoms with van der Waals surface area (Å²) in [6.45, 7) is 2.22. The third kappa shape index (κ3) is 3.47. The van der Waals surface area contributed by atoms with Crippen molar-refractivity contribution in [2.75, 3.05) is 12.4 Å². The average molecular weight is 290 g/mol. The maximum absolute atomic E-state index is 13.2. The highest BCUT2D eigenvalue weighted by atomic mass is 19.1. The van der Waals surface area contributed by atoms with Crippen molar-refractivity contribution in [1.82, 2.24) is 0 Å². The van der Waals surface area contributed by atoms with Crippen LogP contribution >= 0.6 is 0 Å². The van der Waals surface area contributed by atoms with Crippen molar-refractivity contribution >= 4 is 11.4 Å². The molecule has 0 spiro atoms. The molecule has 0 saturated heterocycles. The number of nitro groups is 1. The quantitative estimate of drug-likeness (QED) is 0.674. The van der Waals surface area contributed by atoms with Gasteiger partial charge in [0.2, 0.25) is 0 Å². The smallest absolute Gasteiger partial charge is 0.311 e. The summed E-state index contributed by atoms with van der Waals surface area (Å²) in [5.74, 6) is -0.116. The SMILES string of the molecule is COc1ccc(CNc2cc(F)ccc2C)cc1[N+](=O)[O-]. The molecule has 2 rings (SSSR count). The van der Waals surface area contributed by atoms with E-state index >= 15 is 0 Å². The van der Waals surface area contributed by atoms with Gasteiger partial charge in [0, 0.05) is 18.3 Å². The molecule has 1 N–H and O–H groups in total. The van der Waals surface area contributed by atoms with Crippen molar-refractivity contribution < 1.29 is 14.1 Å². The third-order valence-corrected chi connectivity index (χ3v) is 3.12. The maximum Gasteiger partial charge on any atom is 0.311 e. The third-order valence-electron chi connectivity index (χ3n) is 3.12. The van der Waals surface area contributed by atoms with Gasteiger partial charge in [-0.15, -0.1) is 0 Å². The molecule has 21 heavy (non-hydrogen) atoms. The lowest BCUT2D eigenvalue weighted by atomic mass is 10.1. The van der Waals surface area contributed by atoms with Gasteiger partial charge in [0.15, 0.2) is 5.75 Å². The van der Waals surface area contributed by atoms with E-state index in [4.69, 9.17) is 4.74 Å². The molecule has 0 unspecified atom stereocenters. The molecular formula is C15H15FN2O3. The van der Waals surface area contributed by atoms with Crippen molar-refractivity contribution in [3.63, 3.8) is 0 Å². The fourth-order valence-corrected chi connectivity index (χ4v) is 1.97. The second-order valence-corrected chi connectivity index (χ2v) is 4.58. The summed E-state index contributed by atoms with van der Waals surface area (Å²) in [7, 11) is 1.39. The number of rotatable bonds is 5. The summed E-state index contributed by atoms with van der Waals surface area (Å²) in [4.78, 5) is 10.5. The van der Waals surface area contributed by atoms with Crippen molar-refractivity contribution in [1.29, 1.82) is 0 Å². The molecule has 0 heterocycles. The number of hydrogen-bond donors (Lipinski definition) is 1. The predicted octanol–water partition coefficient (Wildman–Crippen LogP) is 3.66. The van der Waals surface area contributed by atoms with E-state index in [2.05, 4.69) is 5.32 Å². The minimum Gasteiger partial charge on any atom is -0.490 e. The summed E-state index contributed by atoms with van der Waals surface area (Å²) in [6.07, 6.45) is 0. The number of anilines is 1. The number of ether oxygens (including phenoxy) is 1. The number of nitrogens with zero attached hydrogens (tertiary/aromatic N) is 1. The van der Waals surface area contributed by atoms with Gasteiger partial charge in [-0.1, -0.05) is 12.1 Å². The molecule has 6 heteroatoms. The summed E-state index contributed by atoms with van der Waals surface area (Å²) >= 11 is 0. The molecular weight excluding hydrogens is 275 g/mol. The van der Waals surface area contributed by atoms with Crippen LogP contribution in [0.3, 0.4) is 0 Å². The molecule has 2 aromatic carbocycles. The van der Waals surface area contributed by atoms with Gasteiger partial charge in [-0.25, -0.2) is 4.39 Å². The minimum atomic E-state index is -0.490. The van der Waals surface area contributed by atoms with E-state index in [0.717, 1.165) is 5.56 Å². The second kappa shape index (κ2) is 6.21. The van der Waals surface area contributed by atoms with Crippen molar-refractivity contribution in [3.8, 4) is 5.75 Å². The maximum atomic E-state index is 13.2. The summed E-state index contributed by atoms with van der Waals surface area (Å²) in [6, 6.07) is 9.18. The monoisotopic (exact) mass is 290 g/mol. The Kier molecular flexibility index (Phi) is 4.37. The van der Waals surface area contributed by atoms with Gasteiger partial charge in [-0.2, -0.15) is 0 Å². The molecule has 0 aliphatic carbocycles. The van der Waals surface area contributed by atoms with Crippen LogP contribution in [0.15, 0.2) is 36.4 Å². The first kappa shape index (κ1) is 14.8. The second-order valence-electron chi connectivity index (χ2n) is 4.58. The van der Waals surface area contributed by atoms with Crippen LogP contribution in [0.1, 0.15) is 11.1 Å². The number of nitrogens with one attached hydrogen (secondary N) is 1. The van der Waals surface area contributed by atoms with E-state index < -0.39 is 4.92 Å². The first-order chi connectivity index (χ1) is 10.0. The Morgan fingerprint density at radius 1 is 1.29 bits per heavy atom. The van der Waals surface area contributed by atoms with Crippen LogP contribution in [0.2, 0.25) is 0 Å². The largest absolute Gasteiger partial charge is 0.490 e. The van der Waals surface area contributed by atoms with Crippen LogP contribution in [0.25, 0.3) is 0 Å². The molecule has 0 aliphatic heterocycles. The van der Waals surface area contributed by atoms with Crippen LogP contribution in [0.5, 0.6) is 5.75 Å². The van der Waals surface area contributed by atoms with E-state index in [1.54, 1.807) is 18.2 Å². The number of halogens is 1. The van der Waals surface area contributed by atoms with Gasteiger partial charge in [0.05, 0.1) is 12.0 Å². The van der Waals surface area contributed by atoms with E-state index in [1.165, 1.54) is 25.3 Å². The van der Waals surface area contributed by atoms with Gasteiger partial charge in [-0.3, -0.25) is 10.1 Å². The molecule has 5 nitrogen and oxygen atoms in total. The molecule has 0 aliphatic rings. The summed E-state index contributed by atoms with van der Waals surface area (Å²) < 4.78 is 18.1. The Balaban J connectivity index is 2.18. The van der Waals surface area contributed by atoms with E-state index in [9.17, 15) is 14.5 Å². The highest BCUT2D eigenvalue weighted by Crippen LogP contribution is 2.28. The molecule has 110 valence electrons. The molecule has 0 bridgehead atoms. The highest BCUT2D eigenvalue weighted by Gasteiger charge is 2.15. The lowest BCUT2D eigenvalue weighted by molar-refractivity contribution is -0.385. The molecule has 0 atom stereocenters. The Labute approximate surface area is 121 Å². The molecule has 0 saturated carbocycles. The summed E-state index contributed by atoms with van der Waals surface area (Å²) in [5, 5.41) is 14.0. The van der Waals surface area contributed by atoms with Crippen LogP contribution in [0, 0.1) is 22.9 Å². The zero-order chi connectivity index (χ0) is 15.4. The van der Waals surface area contributed by atoms with Crippen LogP contribution in [-0.4, -0.2) is 12.0 Å². The molecule has 0 aromatic heterocycles. The topological polar surface area (TPSA) is 64.4 Å². The Morgan fingerprint density at radius 2 is 2.05 bits per heavy atom. The Bertz CT molecular complexity index is 674. The zero-order valence-corrected chi connectivity index (χ0v) is 11.7. The minimum absolute atomic E-state index is 0.0900. The first-order valence-corrected chi connectivity index (χ1v) is 6.32. The van der Waals surface area contributed by atoms with Crippen molar-refractivity contribution in [3.05, 3.63) is 63.5 Å². The molecule has 0 fully saturated rings. The fourth-order valence-electron chi connectivity index (χ4n) is 1.97. The molecule has 0 radical (unpaired) electrons. The lowest BCUT2D eigenvalue weighted by Gasteiger charge is -2.10. The molecule has 2 aromatic rings. The number of nitro benzene ring substituents is 1. The van der Waals surface area contributed by atoms with Gasteiger partial charge in [-0.05, 0) is 36.2 Å². The van der Waals surface area contributed by atoms with Gasteiger partial charge in [0.25, 0.3) is 0 Å². The molecule has 0 amide bonds. The number of hydrogen-bond acceptors (Lipinski definition) is 4. The van der Waals surface area contributed by atoms with E-state index in [1.807, 2.05) is 6.92 Å². The Hall–Kier alpha value is -2.63. The highest BCUT2D eigenvalue weighted by molar-refractivity contribution is 5.53. The lowest BCUT2D eigenvalue weighted by Crippen LogP contribution is -2.03. The first-order valence-electron chi connectivity index (χ1n) is 6.32. The average Bonchev–Trinajstić information content (AvgIpc) is 2.47. The number of aryl methyl sites for hydroxylation is 1. The normalized spacial score (nSPS) is 10.2. The Morgan fingerprint density at radius 3 is 2.71 bits per heavy atom. The van der Waals surface area contributed by atoms with E-state index in [-0.39, 0.29) is 17.3 Å². The zero-order valence-electron chi connectivity index (χ0n) is 11.7. The standard InChI is InChI=1S/C15H15FN2O3/c1-10-3-5-12(16)8-13(10)17-9-11-4-6-15(21-2)14(7-11)18(19)20/h3-8,17H,9H2,1-2H3. The van der Waals surface area contributed by atoms with Gasteiger partial charge in [0.1, 0.15) is 5.82 Å². The van der Waals surface area contributed by atoms with Crippen LogP contribution < -0.4 is 10.1 Å². The van der Waals surface area contributed by atoms with Gasteiger partial charge < -0.3 is 10.1 Å². The van der Waals surface area contributed by atoms with Gasteiger partial charge >= 0.3 is 5.69 Å². The van der Waals surface area contributed by atoms with Crippen LogP contribution in [-0.2, 0) is 6.54 Å². The van der Waals surface area contributed by atoms with E-state index in [0.29, 0.717) is 17.8 Å². The van der Waals surface area contributed by atoms with Crippen LogP contribution in [0.4, 0.5) is 15.8 Å². The van der Waals surface area contributed by atoms with Crippen molar-refractivity contribution in [2.24, 2.45) is 0 Å².